The summed E-state index contributed by atoms with van der Waals surface area (Å²) in [6.07, 6.45) is 1.38. The Labute approximate surface area is 59.5 Å². The highest BCUT2D eigenvalue weighted by Crippen LogP contribution is 1.90. The smallest absolute Gasteiger partial charge is 0.260 e. The van der Waals surface area contributed by atoms with Crippen LogP contribution in [0, 0.1) is 11.3 Å². The Morgan fingerprint density at radius 2 is 2.20 bits per heavy atom. The number of nitrogens with zero attached hydrogens (tertiary/aromatic N) is 2. The zero-order valence-electron chi connectivity index (χ0n) is 5.96. The normalized spacial score (nSPS) is 10.3. The number of carbonyl (C=O) groups is 1. The molecule has 54 valence electrons. The topological polar surface area (TPSA) is 70.1 Å². The highest BCUT2D eigenvalue weighted by molar-refractivity contribution is 5.95. The Balaban J connectivity index is 4.39. The van der Waals surface area contributed by atoms with E-state index in [4.69, 9.17) is 11.0 Å². The van der Waals surface area contributed by atoms with Crippen molar-refractivity contribution < 1.29 is 4.79 Å². The van der Waals surface area contributed by atoms with Gasteiger partial charge >= 0.3 is 0 Å². The van der Waals surface area contributed by atoms with E-state index in [0.29, 0.717) is 0 Å². The summed E-state index contributed by atoms with van der Waals surface area (Å²) in [5.74, 6) is -0.698. The highest BCUT2D eigenvalue weighted by atomic mass is 16.1. The minimum Gasteiger partial charge on any atom is -0.382 e. The third-order valence-corrected chi connectivity index (χ3v) is 0.773. The second kappa shape index (κ2) is 3.51. The number of nitrogens with two attached hydrogens (primary N) is 1. The van der Waals surface area contributed by atoms with Gasteiger partial charge in [0.25, 0.3) is 5.91 Å². The number of hydrogen-bond acceptors (Lipinski definition) is 3. The molecule has 0 aromatic rings. The van der Waals surface area contributed by atoms with Crippen LogP contribution in [-0.2, 0) is 4.79 Å². The molecule has 0 atom stereocenters. The maximum absolute atomic E-state index is 10.4. The molecule has 4 heteroatoms. The minimum atomic E-state index is -0.698. The number of rotatable bonds is 2. The van der Waals surface area contributed by atoms with Crippen molar-refractivity contribution >= 4 is 5.91 Å². The lowest BCUT2D eigenvalue weighted by atomic mass is 10.3. The molecule has 1 amide bonds. The number of hydrogen-bond donors (Lipinski definition) is 1. The van der Waals surface area contributed by atoms with Gasteiger partial charge in [-0.05, 0) is 0 Å². The Morgan fingerprint density at radius 3 is 2.30 bits per heavy atom. The maximum atomic E-state index is 10.4. The van der Waals surface area contributed by atoms with Crippen molar-refractivity contribution in [2.75, 3.05) is 14.1 Å². The van der Waals surface area contributed by atoms with Crippen LogP contribution in [0.25, 0.3) is 0 Å². The van der Waals surface area contributed by atoms with Crippen molar-refractivity contribution in [3.8, 4) is 6.07 Å². The quantitative estimate of drug-likeness (QED) is 0.412. The van der Waals surface area contributed by atoms with E-state index in [9.17, 15) is 4.79 Å². The molecule has 4 nitrogen and oxygen atoms in total. The van der Waals surface area contributed by atoms with Gasteiger partial charge in [-0.2, -0.15) is 5.26 Å². The number of nitriles is 1. The molecule has 0 aromatic carbocycles. The molecular formula is C6H9N3O. The first-order valence-electron chi connectivity index (χ1n) is 2.66. The average molecular weight is 139 g/mol. The van der Waals surface area contributed by atoms with Crippen molar-refractivity contribution in [1.29, 1.82) is 5.26 Å². The number of carbonyl (C=O) groups excluding carboxylic acids is 1. The second-order valence-corrected chi connectivity index (χ2v) is 1.98. The molecule has 10 heavy (non-hydrogen) atoms. The van der Waals surface area contributed by atoms with Crippen LogP contribution in [-0.4, -0.2) is 24.9 Å². The summed E-state index contributed by atoms with van der Waals surface area (Å²) in [5, 5.41) is 8.30. The lowest BCUT2D eigenvalue weighted by molar-refractivity contribution is -0.114. The molecule has 0 aliphatic carbocycles. The predicted octanol–water partition coefficient (Wildman–Crippen LogP) is -0.559. The fourth-order valence-corrected chi connectivity index (χ4v) is 0.406. The first kappa shape index (κ1) is 8.50. The Kier molecular flexibility index (Phi) is 2.98. The van der Waals surface area contributed by atoms with E-state index in [1.54, 1.807) is 25.1 Å². The molecule has 0 aliphatic rings. The Hall–Kier alpha value is -1.50. The van der Waals surface area contributed by atoms with Gasteiger partial charge in [-0.3, -0.25) is 4.79 Å². The van der Waals surface area contributed by atoms with E-state index in [1.165, 1.54) is 6.20 Å². The number of primary amides is 1. The molecule has 0 unspecified atom stereocenters. The van der Waals surface area contributed by atoms with Gasteiger partial charge in [-0.1, -0.05) is 0 Å². The summed E-state index contributed by atoms with van der Waals surface area (Å²) in [5.41, 5.74) is 4.80. The lowest BCUT2D eigenvalue weighted by Crippen LogP contribution is -2.15. The molecule has 0 saturated heterocycles. The van der Waals surface area contributed by atoms with Gasteiger partial charge in [-0.25, -0.2) is 0 Å². The van der Waals surface area contributed by atoms with E-state index >= 15 is 0 Å². The third-order valence-electron chi connectivity index (χ3n) is 0.773. The van der Waals surface area contributed by atoms with Crippen molar-refractivity contribution in [3.63, 3.8) is 0 Å². The Bertz CT molecular complexity index is 200. The molecule has 0 aliphatic heterocycles. The first-order chi connectivity index (χ1) is 4.57. The van der Waals surface area contributed by atoms with Crippen molar-refractivity contribution in [2.24, 2.45) is 5.73 Å². The molecule has 0 aromatic heterocycles. The summed E-state index contributed by atoms with van der Waals surface area (Å²) in [6.45, 7) is 0. The maximum Gasteiger partial charge on any atom is 0.260 e. The molecular weight excluding hydrogens is 130 g/mol. The molecule has 0 fully saturated rings. The van der Waals surface area contributed by atoms with E-state index in [0.717, 1.165) is 0 Å². The SMILES string of the molecule is CN(C)C=C(C#N)C(N)=O. The average Bonchev–Trinajstić information content (AvgIpc) is 1.81. The van der Waals surface area contributed by atoms with Gasteiger partial charge in [0, 0.05) is 20.3 Å². The molecule has 0 spiro atoms. The van der Waals surface area contributed by atoms with E-state index in [1.807, 2.05) is 0 Å². The van der Waals surface area contributed by atoms with Gasteiger partial charge < -0.3 is 10.6 Å². The van der Waals surface area contributed by atoms with Gasteiger partial charge in [0.2, 0.25) is 0 Å². The summed E-state index contributed by atoms with van der Waals surface area (Å²) < 4.78 is 0. The largest absolute Gasteiger partial charge is 0.382 e. The lowest BCUT2D eigenvalue weighted by Gasteiger charge is -2.03. The van der Waals surface area contributed by atoms with E-state index in [-0.39, 0.29) is 5.57 Å². The summed E-state index contributed by atoms with van der Waals surface area (Å²) in [4.78, 5) is 12.0. The minimum absolute atomic E-state index is 0.0370. The van der Waals surface area contributed by atoms with Crippen LogP contribution in [0.1, 0.15) is 0 Å². The summed E-state index contributed by atoms with van der Waals surface area (Å²) in [7, 11) is 3.42. The van der Waals surface area contributed by atoms with Crippen LogP contribution in [0.5, 0.6) is 0 Å². The van der Waals surface area contributed by atoms with Crippen LogP contribution in [0.4, 0.5) is 0 Å². The van der Waals surface area contributed by atoms with Crippen molar-refractivity contribution in [3.05, 3.63) is 11.8 Å². The van der Waals surface area contributed by atoms with Crippen molar-refractivity contribution in [2.45, 2.75) is 0 Å². The van der Waals surface area contributed by atoms with E-state index in [2.05, 4.69) is 0 Å². The van der Waals surface area contributed by atoms with Crippen LogP contribution in [0.3, 0.4) is 0 Å². The van der Waals surface area contributed by atoms with Gasteiger partial charge in [-0.15, -0.1) is 0 Å². The molecule has 0 heterocycles. The standard InChI is InChI=1S/C6H9N3O/c1-9(2)4-5(3-7)6(8)10/h4H,1-2H3,(H2,8,10). The van der Waals surface area contributed by atoms with Gasteiger partial charge in [0.05, 0.1) is 0 Å². The van der Waals surface area contributed by atoms with Crippen LogP contribution >= 0.6 is 0 Å². The summed E-state index contributed by atoms with van der Waals surface area (Å²) >= 11 is 0. The summed E-state index contributed by atoms with van der Waals surface area (Å²) in [6, 6.07) is 1.68. The highest BCUT2D eigenvalue weighted by Gasteiger charge is 2.01. The molecule has 0 saturated carbocycles. The third kappa shape index (κ3) is 2.72. The zero-order valence-corrected chi connectivity index (χ0v) is 5.96. The van der Waals surface area contributed by atoms with Crippen molar-refractivity contribution in [1.82, 2.24) is 4.90 Å². The van der Waals surface area contributed by atoms with Gasteiger partial charge in [0.15, 0.2) is 0 Å². The Morgan fingerprint density at radius 1 is 1.70 bits per heavy atom. The molecule has 0 rings (SSSR count). The fraction of sp³-hybridized carbons (Fsp3) is 0.333. The van der Waals surface area contributed by atoms with Crippen LogP contribution < -0.4 is 5.73 Å². The number of amides is 1. The first-order valence-corrected chi connectivity index (χ1v) is 2.66. The molecule has 2 N–H and O–H groups in total. The molecule has 0 bridgehead atoms. The zero-order chi connectivity index (χ0) is 8.15. The fourth-order valence-electron chi connectivity index (χ4n) is 0.406. The van der Waals surface area contributed by atoms with Crippen LogP contribution in [0.2, 0.25) is 0 Å². The van der Waals surface area contributed by atoms with Gasteiger partial charge in [0.1, 0.15) is 11.6 Å². The molecule has 0 radical (unpaired) electrons. The monoisotopic (exact) mass is 139 g/mol. The second-order valence-electron chi connectivity index (χ2n) is 1.98. The van der Waals surface area contributed by atoms with Crippen LogP contribution in [0.15, 0.2) is 11.8 Å². The van der Waals surface area contributed by atoms with E-state index < -0.39 is 5.91 Å². The predicted molar refractivity (Wildman–Crippen MR) is 36.6 cm³/mol.